The van der Waals surface area contributed by atoms with Crippen LogP contribution in [0.4, 0.5) is 0 Å². The molecule has 1 amide bonds. The Kier molecular flexibility index (Phi) is 3.54. The molecule has 0 bridgehead atoms. The number of rotatable bonds is 1. The fourth-order valence-corrected chi connectivity index (χ4v) is 4.07. The highest BCUT2D eigenvalue weighted by molar-refractivity contribution is 8.00. The molecule has 0 radical (unpaired) electrons. The van der Waals surface area contributed by atoms with Crippen LogP contribution in [0.25, 0.3) is 5.65 Å². The molecule has 2 aromatic rings. The summed E-state index contributed by atoms with van der Waals surface area (Å²) in [5.74, 6) is 0.819. The highest BCUT2D eigenvalue weighted by atomic mass is 35.5. The van der Waals surface area contributed by atoms with Gasteiger partial charge in [-0.2, -0.15) is 5.10 Å². The van der Waals surface area contributed by atoms with E-state index in [4.69, 9.17) is 11.6 Å². The van der Waals surface area contributed by atoms with E-state index >= 15 is 0 Å². The van der Waals surface area contributed by atoms with Crippen LogP contribution in [0.2, 0.25) is 5.02 Å². The summed E-state index contributed by atoms with van der Waals surface area (Å²) in [7, 11) is 0. The van der Waals surface area contributed by atoms with Gasteiger partial charge in [0, 0.05) is 42.7 Å². The van der Waals surface area contributed by atoms with E-state index < -0.39 is 0 Å². The Balaban J connectivity index is 1.57. The standard InChI is InChI=1S/C14H14ClN5OS/c15-9-6-16-13-5-11(18-20(13)7-9)14(21)19-3-1-10-12(2-4-19)22-8-17-10/h5-7,12H,1-4,8H2. The first kappa shape index (κ1) is 14.0. The molecule has 1 saturated heterocycles. The summed E-state index contributed by atoms with van der Waals surface area (Å²) < 4.78 is 1.54. The molecule has 1 unspecified atom stereocenters. The molecule has 6 nitrogen and oxygen atoms in total. The third kappa shape index (κ3) is 2.48. The largest absolute Gasteiger partial charge is 0.337 e. The molecule has 1 fully saturated rings. The van der Waals surface area contributed by atoms with Crippen molar-refractivity contribution in [3.8, 4) is 0 Å². The Labute approximate surface area is 136 Å². The Hall–Kier alpha value is -1.60. The van der Waals surface area contributed by atoms with E-state index in [0.29, 0.717) is 28.2 Å². The maximum atomic E-state index is 12.7. The number of fused-ring (bicyclic) bond motifs is 2. The number of likely N-dealkylation sites (tertiary alicyclic amines) is 1. The fraction of sp³-hybridized carbons (Fsp3) is 0.429. The molecular formula is C14H14ClN5OS. The summed E-state index contributed by atoms with van der Waals surface area (Å²) in [6, 6.07) is 1.71. The molecule has 0 saturated carbocycles. The summed E-state index contributed by atoms with van der Waals surface area (Å²) in [5.41, 5.74) is 2.29. The Morgan fingerprint density at radius 2 is 2.32 bits per heavy atom. The van der Waals surface area contributed by atoms with Crippen LogP contribution in [0.3, 0.4) is 0 Å². The average molecular weight is 336 g/mol. The molecule has 2 aromatic heterocycles. The van der Waals surface area contributed by atoms with E-state index in [-0.39, 0.29) is 5.91 Å². The molecule has 1 atom stereocenters. The quantitative estimate of drug-likeness (QED) is 0.801. The first-order chi connectivity index (χ1) is 10.7. The molecule has 114 valence electrons. The Morgan fingerprint density at radius 3 is 3.23 bits per heavy atom. The van der Waals surface area contributed by atoms with Gasteiger partial charge in [-0.15, -0.1) is 11.8 Å². The van der Waals surface area contributed by atoms with E-state index in [0.717, 1.165) is 25.3 Å². The van der Waals surface area contributed by atoms with Crippen LogP contribution >= 0.6 is 23.4 Å². The number of carbonyl (C=O) groups excluding carboxylic acids is 1. The third-order valence-electron chi connectivity index (χ3n) is 4.00. The first-order valence-corrected chi connectivity index (χ1v) is 8.58. The topological polar surface area (TPSA) is 62.9 Å². The van der Waals surface area contributed by atoms with Gasteiger partial charge in [0.1, 0.15) is 0 Å². The van der Waals surface area contributed by atoms with Crippen molar-refractivity contribution in [3.05, 3.63) is 29.2 Å². The van der Waals surface area contributed by atoms with Gasteiger partial charge in [-0.25, -0.2) is 9.50 Å². The van der Waals surface area contributed by atoms with E-state index in [2.05, 4.69) is 15.1 Å². The molecule has 0 spiro atoms. The minimum absolute atomic E-state index is 0.0489. The maximum absolute atomic E-state index is 12.7. The van der Waals surface area contributed by atoms with Crippen molar-refractivity contribution in [3.63, 3.8) is 0 Å². The van der Waals surface area contributed by atoms with Gasteiger partial charge in [0.25, 0.3) is 5.91 Å². The second-order valence-corrected chi connectivity index (χ2v) is 6.97. The van der Waals surface area contributed by atoms with Crippen LogP contribution in [0.1, 0.15) is 23.3 Å². The fourth-order valence-electron chi connectivity index (χ4n) is 2.86. The van der Waals surface area contributed by atoms with Gasteiger partial charge in [0.15, 0.2) is 11.3 Å². The van der Waals surface area contributed by atoms with Gasteiger partial charge >= 0.3 is 0 Å². The second kappa shape index (κ2) is 5.55. The van der Waals surface area contributed by atoms with Crippen LogP contribution in [0.15, 0.2) is 23.5 Å². The number of halogens is 1. The number of carbonyl (C=O) groups is 1. The van der Waals surface area contributed by atoms with Crippen LogP contribution in [-0.2, 0) is 0 Å². The molecule has 4 heterocycles. The highest BCUT2D eigenvalue weighted by Gasteiger charge is 2.29. The second-order valence-electron chi connectivity index (χ2n) is 5.37. The minimum atomic E-state index is -0.0489. The van der Waals surface area contributed by atoms with Crippen molar-refractivity contribution in [2.75, 3.05) is 19.0 Å². The monoisotopic (exact) mass is 335 g/mol. The zero-order chi connectivity index (χ0) is 15.1. The lowest BCUT2D eigenvalue weighted by molar-refractivity contribution is 0.0757. The summed E-state index contributed by atoms with van der Waals surface area (Å²) in [6.45, 7) is 1.45. The molecule has 2 aliphatic rings. The number of amides is 1. The lowest BCUT2D eigenvalue weighted by atomic mass is 10.2. The smallest absolute Gasteiger partial charge is 0.274 e. The number of thioether (sulfide) groups is 1. The van der Waals surface area contributed by atoms with Crippen molar-refractivity contribution < 1.29 is 4.79 Å². The Bertz CT molecular complexity index is 774. The number of aliphatic imine (C=N–C) groups is 1. The summed E-state index contributed by atoms with van der Waals surface area (Å²) in [4.78, 5) is 23.2. The van der Waals surface area contributed by atoms with Crippen molar-refractivity contribution in [1.82, 2.24) is 19.5 Å². The zero-order valence-electron chi connectivity index (χ0n) is 11.8. The maximum Gasteiger partial charge on any atom is 0.274 e. The van der Waals surface area contributed by atoms with Crippen molar-refractivity contribution >= 4 is 40.6 Å². The van der Waals surface area contributed by atoms with E-state index in [1.807, 2.05) is 16.7 Å². The molecule has 0 aliphatic carbocycles. The van der Waals surface area contributed by atoms with Gasteiger partial charge in [-0.3, -0.25) is 9.79 Å². The van der Waals surface area contributed by atoms with Gasteiger partial charge in [0.05, 0.1) is 17.1 Å². The predicted molar refractivity (Wildman–Crippen MR) is 86.8 cm³/mol. The highest BCUT2D eigenvalue weighted by Crippen LogP contribution is 2.28. The van der Waals surface area contributed by atoms with Crippen LogP contribution in [0, 0.1) is 0 Å². The molecule has 8 heteroatoms. The lowest BCUT2D eigenvalue weighted by Gasteiger charge is -2.18. The summed E-state index contributed by atoms with van der Waals surface area (Å²) >= 11 is 7.77. The normalized spacial score (nSPS) is 21.6. The number of hydrogen-bond acceptors (Lipinski definition) is 5. The molecule has 4 rings (SSSR count). The van der Waals surface area contributed by atoms with Crippen molar-refractivity contribution in [1.29, 1.82) is 0 Å². The zero-order valence-corrected chi connectivity index (χ0v) is 13.3. The summed E-state index contributed by atoms with van der Waals surface area (Å²) in [6.07, 6.45) is 5.03. The van der Waals surface area contributed by atoms with E-state index in [1.54, 1.807) is 23.0 Å². The Morgan fingerprint density at radius 1 is 1.41 bits per heavy atom. The van der Waals surface area contributed by atoms with E-state index in [1.165, 1.54) is 5.71 Å². The third-order valence-corrected chi connectivity index (χ3v) is 5.39. The number of hydrogen-bond donors (Lipinski definition) is 0. The molecular weight excluding hydrogens is 322 g/mol. The van der Waals surface area contributed by atoms with Gasteiger partial charge in [-0.1, -0.05) is 11.6 Å². The SMILES string of the molecule is O=C(c1cc2ncc(Cl)cn2n1)N1CCC2=NCSC2CC1. The van der Waals surface area contributed by atoms with Crippen LogP contribution in [0.5, 0.6) is 0 Å². The lowest BCUT2D eigenvalue weighted by Crippen LogP contribution is -2.32. The van der Waals surface area contributed by atoms with E-state index in [9.17, 15) is 4.79 Å². The first-order valence-electron chi connectivity index (χ1n) is 7.16. The van der Waals surface area contributed by atoms with Crippen molar-refractivity contribution in [2.45, 2.75) is 18.1 Å². The van der Waals surface area contributed by atoms with Gasteiger partial charge < -0.3 is 4.90 Å². The average Bonchev–Trinajstić information content (AvgIpc) is 3.08. The molecule has 22 heavy (non-hydrogen) atoms. The molecule has 0 N–H and O–H groups in total. The number of nitrogens with zero attached hydrogens (tertiary/aromatic N) is 5. The summed E-state index contributed by atoms with van der Waals surface area (Å²) in [5, 5.41) is 5.27. The molecule has 0 aromatic carbocycles. The van der Waals surface area contributed by atoms with Crippen molar-refractivity contribution in [2.24, 2.45) is 4.99 Å². The van der Waals surface area contributed by atoms with Crippen LogP contribution in [-0.4, -0.2) is 55.3 Å². The predicted octanol–water partition coefficient (Wildman–Crippen LogP) is 2.13. The van der Waals surface area contributed by atoms with Gasteiger partial charge in [0.2, 0.25) is 0 Å². The number of aromatic nitrogens is 3. The van der Waals surface area contributed by atoms with Gasteiger partial charge in [-0.05, 0) is 6.42 Å². The minimum Gasteiger partial charge on any atom is -0.337 e. The molecule has 2 aliphatic heterocycles. The van der Waals surface area contributed by atoms with Crippen LogP contribution < -0.4 is 0 Å².